The Balaban J connectivity index is 0.000000621. The summed E-state index contributed by atoms with van der Waals surface area (Å²) in [5.74, 6) is 0.152. The van der Waals surface area contributed by atoms with Gasteiger partial charge in [0.25, 0.3) is 0 Å². The molecular weight excluding hydrogens is 250 g/mol. The fraction of sp³-hybridized carbons (Fsp3) is 0.588. The molecule has 0 fully saturated rings. The molecule has 1 atom stereocenters. The average Bonchev–Trinajstić information content (AvgIpc) is 2.44. The van der Waals surface area contributed by atoms with Gasteiger partial charge in [-0.25, -0.2) is 0 Å². The summed E-state index contributed by atoms with van der Waals surface area (Å²) in [4.78, 5) is 10.3. The van der Waals surface area contributed by atoms with Crippen molar-refractivity contribution in [1.29, 1.82) is 0 Å². The number of carbonyl (C=O) groups is 1. The number of rotatable bonds is 7. The first-order chi connectivity index (χ1) is 9.47. The zero-order valence-electron chi connectivity index (χ0n) is 13.2. The topological polar surface area (TPSA) is 49.3 Å². The van der Waals surface area contributed by atoms with E-state index in [1.54, 1.807) is 0 Å². The summed E-state index contributed by atoms with van der Waals surface area (Å²) in [6.07, 6.45) is 2.21. The molecular formula is C17H29NO2. The first kappa shape index (κ1) is 18.7. The molecule has 1 aromatic carbocycles. The molecule has 3 nitrogen and oxygen atoms in total. The van der Waals surface area contributed by atoms with Crippen LogP contribution in [-0.2, 0) is 4.79 Å². The normalized spacial score (nSPS) is 11.7. The van der Waals surface area contributed by atoms with E-state index in [9.17, 15) is 4.79 Å². The molecule has 0 heterocycles. The average molecular weight is 279 g/mol. The van der Waals surface area contributed by atoms with Gasteiger partial charge in [0.15, 0.2) is 0 Å². The second kappa shape index (κ2) is 11.5. The van der Waals surface area contributed by atoms with Crippen LogP contribution in [0.5, 0.6) is 0 Å². The van der Waals surface area contributed by atoms with E-state index in [2.05, 4.69) is 45.1 Å². The second-order valence-corrected chi connectivity index (χ2v) is 5.39. The third-order valence-electron chi connectivity index (χ3n) is 3.13. The lowest BCUT2D eigenvalue weighted by Crippen LogP contribution is -2.20. The molecule has 20 heavy (non-hydrogen) atoms. The van der Waals surface area contributed by atoms with E-state index in [1.165, 1.54) is 12.0 Å². The van der Waals surface area contributed by atoms with Gasteiger partial charge in [-0.1, -0.05) is 57.5 Å². The number of benzene rings is 1. The van der Waals surface area contributed by atoms with E-state index in [4.69, 9.17) is 5.11 Å². The second-order valence-electron chi connectivity index (χ2n) is 5.39. The van der Waals surface area contributed by atoms with Crippen LogP contribution in [0, 0.1) is 5.92 Å². The van der Waals surface area contributed by atoms with Crippen LogP contribution < -0.4 is 5.32 Å². The Morgan fingerprint density at radius 2 is 1.75 bits per heavy atom. The Bertz CT molecular complexity index is 349. The van der Waals surface area contributed by atoms with Gasteiger partial charge in [-0.15, -0.1) is 0 Å². The number of hydrogen-bond acceptors (Lipinski definition) is 2. The third-order valence-corrected chi connectivity index (χ3v) is 3.13. The highest BCUT2D eigenvalue weighted by atomic mass is 16.4. The van der Waals surface area contributed by atoms with Crippen molar-refractivity contribution in [2.24, 2.45) is 5.92 Å². The number of nitrogens with one attached hydrogen (secondary N) is 1. The van der Waals surface area contributed by atoms with Crippen LogP contribution in [-0.4, -0.2) is 17.6 Å². The maximum absolute atomic E-state index is 10.3. The summed E-state index contributed by atoms with van der Waals surface area (Å²) in [6.45, 7) is 9.46. The van der Waals surface area contributed by atoms with Crippen molar-refractivity contribution < 1.29 is 9.90 Å². The van der Waals surface area contributed by atoms with Crippen molar-refractivity contribution in [1.82, 2.24) is 5.32 Å². The number of aliphatic carboxylic acids is 1. The van der Waals surface area contributed by atoms with Gasteiger partial charge >= 0.3 is 5.97 Å². The molecule has 0 saturated heterocycles. The van der Waals surface area contributed by atoms with E-state index in [-0.39, 0.29) is 12.5 Å². The Morgan fingerprint density at radius 3 is 2.20 bits per heavy atom. The Hall–Kier alpha value is -1.35. The molecule has 114 valence electrons. The summed E-state index contributed by atoms with van der Waals surface area (Å²) in [5, 5.41) is 11.8. The number of carboxylic acid groups (broad SMARTS) is 1. The minimum absolute atomic E-state index is 0.231. The highest BCUT2D eigenvalue weighted by molar-refractivity contribution is 5.66. The van der Waals surface area contributed by atoms with Gasteiger partial charge in [-0.3, -0.25) is 4.79 Å². The SMILES string of the molecule is CC(NCCCC(=O)O)c1ccccc1.CCC(C)C. The highest BCUT2D eigenvalue weighted by Gasteiger charge is 2.03. The summed E-state index contributed by atoms with van der Waals surface area (Å²) >= 11 is 0. The van der Waals surface area contributed by atoms with Crippen LogP contribution >= 0.6 is 0 Å². The molecule has 0 aliphatic rings. The van der Waals surface area contributed by atoms with E-state index < -0.39 is 5.97 Å². The van der Waals surface area contributed by atoms with Crippen molar-refractivity contribution in [3.05, 3.63) is 35.9 Å². The maximum Gasteiger partial charge on any atom is 0.303 e. The highest BCUT2D eigenvalue weighted by Crippen LogP contribution is 2.10. The van der Waals surface area contributed by atoms with Crippen LogP contribution in [0.3, 0.4) is 0 Å². The molecule has 0 amide bonds. The Morgan fingerprint density at radius 1 is 1.20 bits per heavy atom. The minimum atomic E-state index is -0.732. The fourth-order valence-corrected chi connectivity index (χ4v) is 1.42. The van der Waals surface area contributed by atoms with Gasteiger partial charge in [0, 0.05) is 12.5 Å². The number of carboxylic acids is 1. The van der Waals surface area contributed by atoms with Crippen LogP contribution in [0.2, 0.25) is 0 Å². The minimum Gasteiger partial charge on any atom is -0.481 e. The summed E-state index contributed by atoms with van der Waals surface area (Å²) in [7, 11) is 0. The molecule has 2 N–H and O–H groups in total. The first-order valence-corrected chi connectivity index (χ1v) is 7.47. The van der Waals surface area contributed by atoms with E-state index in [0.29, 0.717) is 6.42 Å². The van der Waals surface area contributed by atoms with E-state index in [1.807, 2.05) is 18.2 Å². The van der Waals surface area contributed by atoms with Crippen LogP contribution in [0.25, 0.3) is 0 Å². The predicted molar refractivity (Wildman–Crippen MR) is 84.9 cm³/mol. The molecule has 0 aromatic heterocycles. The summed E-state index contributed by atoms with van der Waals surface area (Å²) in [6, 6.07) is 10.4. The van der Waals surface area contributed by atoms with Gasteiger partial charge in [-0.05, 0) is 31.4 Å². The quantitative estimate of drug-likeness (QED) is 0.733. The molecule has 0 bridgehead atoms. The monoisotopic (exact) mass is 279 g/mol. The molecule has 0 aliphatic heterocycles. The fourth-order valence-electron chi connectivity index (χ4n) is 1.42. The van der Waals surface area contributed by atoms with Crippen molar-refractivity contribution >= 4 is 5.97 Å². The molecule has 0 radical (unpaired) electrons. The van der Waals surface area contributed by atoms with Crippen LogP contribution in [0.15, 0.2) is 30.3 Å². The number of hydrogen-bond donors (Lipinski definition) is 2. The Labute approximate surface area is 123 Å². The van der Waals surface area contributed by atoms with Crippen LogP contribution in [0.4, 0.5) is 0 Å². The molecule has 1 aromatic rings. The van der Waals surface area contributed by atoms with E-state index in [0.717, 1.165) is 12.5 Å². The van der Waals surface area contributed by atoms with Gasteiger partial charge in [-0.2, -0.15) is 0 Å². The van der Waals surface area contributed by atoms with Crippen molar-refractivity contribution in [3.8, 4) is 0 Å². The Kier molecular flexibility index (Phi) is 10.7. The largest absolute Gasteiger partial charge is 0.481 e. The lowest BCUT2D eigenvalue weighted by Gasteiger charge is -2.13. The van der Waals surface area contributed by atoms with Crippen molar-refractivity contribution in [2.75, 3.05) is 6.54 Å². The van der Waals surface area contributed by atoms with E-state index >= 15 is 0 Å². The smallest absolute Gasteiger partial charge is 0.303 e. The van der Waals surface area contributed by atoms with Gasteiger partial charge < -0.3 is 10.4 Å². The summed E-state index contributed by atoms with van der Waals surface area (Å²) in [5.41, 5.74) is 1.23. The van der Waals surface area contributed by atoms with Gasteiger partial charge in [0.1, 0.15) is 0 Å². The third kappa shape index (κ3) is 10.6. The first-order valence-electron chi connectivity index (χ1n) is 7.47. The molecule has 0 aliphatic carbocycles. The lowest BCUT2D eigenvalue weighted by atomic mass is 10.1. The lowest BCUT2D eigenvalue weighted by molar-refractivity contribution is -0.137. The molecule has 1 rings (SSSR count). The van der Waals surface area contributed by atoms with Gasteiger partial charge in [0.05, 0.1) is 0 Å². The molecule has 0 saturated carbocycles. The zero-order valence-corrected chi connectivity index (χ0v) is 13.2. The zero-order chi connectivity index (χ0) is 15.4. The van der Waals surface area contributed by atoms with Crippen LogP contribution in [0.1, 0.15) is 58.6 Å². The molecule has 0 spiro atoms. The van der Waals surface area contributed by atoms with Crippen molar-refractivity contribution in [2.45, 2.75) is 53.0 Å². The van der Waals surface area contributed by atoms with Gasteiger partial charge in [0.2, 0.25) is 0 Å². The predicted octanol–water partition coefficient (Wildman–Crippen LogP) is 4.25. The van der Waals surface area contributed by atoms with Crippen molar-refractivity contribution in [3.63, 3.8) is 0 Å². The molecule has 1 unspecified atom stereocenters. The standard InChI is InChI=1S/C12H17NO2.C5H12/c1-10(11-6-3-2-4-7-11)13-9-5-8-12(14)15;1-4-5(2)3/h2-4,6-7,10,13H,5,8-9H2,1H3,(H,14,15);5H,4H2,1-3H3. The summed E-state index contributed by atoms with van der Waals surface area (Å²) < 4.78 is 0. The molecule has 3 heteroatoms. The maximum atomic E-state index is 10.3.